The van der Waals surface area contributed by atoms with Crippen molar-refractivity contribution >= 4 is 5.91 Å². The number of phenols is 1. The average Bonchev–Trinajstić information content (AvgIpc) is 3.33. The minimum Gasteiger partial charge on any atom is -0.507 e. The van der Waals surface area contributed by atoms with Gasteiger partial charge in [-0.2, -0.15) is 0 Å². The molecular formula is C32H43N3O4. The molecule has 210 valence electrons. The van der Waals surface area contributed by atoms with Crippen LogP contribution in [-0.2, 0) is 28.6 Å². The number of rotatable bonds is 7. The van der Waals surface area contributed by atoms with E-state index in [0.29, 0.717) is 24.7 Å². The second-order valence-electron chi connectivity index (χ2n) is 12.6. The van der Waals surface area contributed by atoms with E-state index in [1.165, 1.54) is 5.56 Å². The first-order valence-corrected chi connectivity index (χ1v) is 13.8. The van der Waals surface area contributed by atoms with E-state index in [9.17, 15) is 9.90 Å². The van der Waals surface area contributed by atoms with E-state index < -0.39 is 0 Å². The molecule has 0 aliphatic carbocycles. The summed E-state index contributed by atoms with van der Waals surface area (Å²) < 4.78 is 11.8. The van der Waals surface area contributed by atoms with Gasteiger partial charge in [-0.05, 0) is 40.7 Å². The molecule has 0 bridgehead atoms. The van der Waals surface area contributed by atoms with Gasteiger partial charge in [-0.15, -0.1) is 0 Å². The maximum Gasteiger partial charge on any atom is 0.226 e. The number of oxazole rings is 1. The van der Waals surface area contributed by atoms with Crippen LogP contribution in [-0.4, -0.2) is 58.6 Å². The van der Waals surface area contributed by atoms with Crippen LogP contribution in [0.3, 0.4) is 0 Å². The highest BCUT2D eigenvalue weighted by Gasteiger charge is 2.27. The summed E-state index contributed by atoms with van der Waals surface area (Å²) >= 11 is 0. The smallest absolute Gasteiger partial charge is 0.226 e. The van der Waals surface area contributed by atoms with E-state index in [0.717, 1.165) is 60.9 Å². The number of ether oxygens (including phenoxy) is 1. The molecule has 39 heavy (non-hydrogen) atoms. The SMILES string of the molecule is CC(=O)N1CCN(Cc2ccc(OCCc3coc(-c4cc(C(C)(C)C)c(O)c(C(C)(C)C)c4)n3)cc2)CC1. The van der Waals surface area contributed by atoms with Crippen LogP contribution in [0.2, 0.25) is 0 Å². The maximum absolute atomic E-state index is 11.5. The Bertz CT molecular complexity index is 1240. The Hall–Kier alpha value is -3.32. The molecule has 1 saturated heterocycles. The second kappa shape index (κ2) is 11.4. The highest BCUT2D eigenvalue weighted by atomic mass is 16.5. The predicted octanol–water partition coefficient (Wildman–Crippen LogP) is 5.93. The van der Waals surface area contributed by atoms with Crippen molar-refractivity contribution in [1.29, 1.82) is 0 Å². The average molecular weight is 534 g/mol. The van der Waals surface area contributed by atoms with E-state index in [-0.39, 0.29) is 16.7 Å². The molecule has 1 fully saturated rings. The number of amides is 1. The quantitative estimate of drug-likeness (QED) is 0.406. The summed E-state index contributed by atoms with van der Waals surface area (Å²) in [6, 6.07) is 12.2. The van der Waals surface area contributed by atoms with Gasteiger partial charge in [0.1, 0.15) is 17.8 Å². The fourth-order valence-corrected chi connectivity index (χ4v) is 4.90. The molecule has 2 aromatic carbocycles. The van der Waals surface area contributed by atoms with E-state index in [1.54, 1.807) is 13.2 Å². The van der Waals surface area contributed by atoms with Crippen molar-refractivity contribution in [2.75, 3.05) is 32.8 Å². The minimum atomic E-state index is -0.219. The van der Waals surface area contributed by atoms with E-state index in [4.69, 9.17) is 14.1 Å². The highest BCUT2D eigenvalue weighted by Crippen LogP contribution is 2.41. The first-order valence-electron chi connectivity index (χ1n) is 13.8. The van der Waals surface area contributed by atoms with Gasteiger partial charge in [-0.25, -0.2) is 4.98 Å². The highest BCUT2D eigenvalue weighted by molar-refractivity contribution is 5.73. The van der Waals surface area contributed by atoms with Gasteiger partial charge in [0.15, 0.2) is 0 Å². The molecule has 7 nitrogen and oxygen atoms in total. The lowest BCUT2D eigenvalue weighted by molar-refractivity contribution is -0.130. The lowest BCUT2D eigenvalue weighted by atomic mass is 9.78. The molecule has 1 aliphatic rings. The van der Waals surface area contributed by atoms with Crippen LogP contribution in [0.25, 0.3) is 11.5 Å². The Kier molecular flexibility index (Phi) is 8.40. The zero-order chi connectivity index (χ0) is 28.4. The lowest BCUT2D eigenvalue weighted by Gasteiger charge is -2.34. The second-order valence-corrected chi connectivity index (χ2v) is 12.6. The van der Waals surface area contributed by atoms with Crippen LogP contribution >= 0.6 is 0 Å². The third kappa shape index (κ3) is 7.21. The van der Waals surface area contributed by atoms with Crippen molar-refractivity contribution in [3.8, 4) is 23.0 Å². The molecule has 0 saturated carbocycles. The number of hydrogen-bond acceptors (Lipinski definition) is 6. The number of aromatic hydroxyl groups is 1. The van der Waals surface area contributed by atoms with E-state index in [1.807, 2.05) is 29.2 Å². The van der Waals surface area contributed by atoms with Crippen molar-refractivity contribution in [1.82, 2.24) is 14.8 Å². The monoisotopic (exact) mass is 533 g/mol. The Morgan fingerprint density at radius 2 is 1.56 bits per heavy atom. The Morgan fingerprint density at radius 1 is 0.974 bits per heavy atom. The lowest BCUT2D eigenvalue weighted by Crippen LogP contribution is -2.47. The van der Waals surface area contributed by atoms with Gasteiger partial charge in [0, 0.05) is 62.8 Å². The van der Waals surface area contributed by atoms with Crippen molar-refractivity contribution in [2.45, 2.75) is 72.3 Å². The Morgan fingerprint density at radius 3 is 2.10 bits per heavy atom. The van der Waals surface area contributed by atoms with Crippen LogP contribution < -0.4 is 4.74 Å². The molecule has 0 unspecified atom stereocenters. The van der Waals surface area contributed by atoms with Gasteiger partial charge in [-0.3, -0.25) is 9.69 Å². The molecule has 0 atom stereocenters. The Balaban J connectivity index is 1.34. The Labute approximate surface area is 232 Å². The predicted molar refractivity (Wildman–Crippen MR) is 154 cm³/mol. The van der Waals surface area contributed by atoms with Gasteiger partial charge in [0.2, 0.25) is 11.8 Å². The summed E-state index contributed by atoms with van der Waals surface area (Å²) in [6.07, 6.45) is 2.32. The summed E-state index contributed by atoms with van der Waals surface area (Å²) in [5.41, 5.74) is 4.26. The minimum absolute atomic E-state index is 0.155. The van der Waals surface area contributed by atoms with Crippen LogP contribution in [0.1, 0.15) is 70.9 Å². The van der Waals surface area contributed by atoms with E-state index >= 15 is 0 Å². The summed E-state index contributed by atoms with van der Waals surface area (Å²) in [7, 11) is 0. The van der Waals surface area contributed by atoms with Gasteiger partial charge in [-0.1, -0.05) is 53.7 Å². The zero-order valence-electron chi connectivity index (χ0n) is 24.5. The molecule has 7 heteroatoms. The third-order valence-corrected chi connectivity index (χ3v) is 7.30. The third-order valence-electron chi connectivity index (χ3n) is 7.30. The zero-order valence-corrected chi connectivity index (χ0v) is 24.5. The first kappa shape index (κ1) is 28.7. The molecule has 4 rings (SSSR count). The number of benzene rings is 2. The standard InChI is InChI=1S/C32H43N3O4/c1-22(36)35-15-13-34(14-16-35)20-23-8-10-26(11-9-23)38-17-12-25-21-39-30(33-25)24-18-27(31(2,3)4)29(37)28(19-24)32(5,6)7/h8-11,18-19,21,37H,12-17,20H2,1-7H3. The summed E-state index contributed by atoms with van der Waals surface area (Å²) in [5.74, 6) is 1.88. The van der Waals surface area contributed by atoms with Crippen LogP contribution in [0.5, 0.6) is 11.5 Å². The fraction of sp³-hybridized carbons (Fsp3) is 0.500. The molecule has 1 aromatic heterocycles. The number of phenolic OH excluding ortho intramolecular Hbond substituents is 1. The normalized spacial score (nSPS) is 15.0. The van der Waals surface area contributed by atoms with Gasteiger partial charge < -0.3 is 19.2 Å². The first-order chi connectivity index (χ1) is 18.3. The molecule has 1 amide bonds. The van der Waals surface area contributed by atoms with Crippen molar-refractivity contribution in [3.05, 3.63) is 65.0 Å². The van der Waals surface area contributed by atoms with Crippen molar-refractivity contribution in [2.24, 2.45) is 0 Å². The maximum atomic E-state index is 11.5. The van der Waals surface area contributed by atoms with Crippen LogP contribution in [0.4, 0.5) is 0 Å². The molecule has 2 heterocycles. The van der Waals surface area contributed by atoms with E-state index in [2.05, 4.69) is 58.6 Å². The van der Waals surface area contributed by atoms with Crippen LogP contribution in [0.15, 0.2) is 47.1 Å². The molecule has 1 aliphatic heterocycles. The van der Waals surface area contributed by atoms with Gasteiger partial charge in [0.25, 0.3) is 0 Å². The number of aromatic nitrogens is 1. The van der Waals surface area contributed by atoms with Crippen molar-refractivity contribution < 1.29 is 19.1 Å². The topological polar surface area (TPSA) is 79.0 Å². The number of carbonyl (C=O) groups is 1. The number of carbonyl (C=O) groups excluding carboxylic acids is 1. The largest absolute Gasteiger partial charge is 0.507 e. The molecular weight excluding hydrogens is 490 g/mol. The van der Waals surface area contributed by atoms with Crippen LogP contribution in [0, 0.1) is 0 Å². The number of piperazine rings is 1. The van der Waals surface area contributed by atoms with Gasteiger partial charge >= 0.3 is 0 Å². The number of nitrogens with zero attached hydrogens (tertiary/aromatic N) is 3. The molecule has 0 radical (unpaired) electrons. The van der Waals surface area contributed by atoms with Crippen molar-refractivity contribution in [3.63, 3.8) is 0 Å². The number of hydrogen-bond donors (Lipinski definition) is 1. The summed E-state index contributed by atoms with van der Waals surface area (Å²) in [4.78, 5) is 20.5. The summed E-state index contributed by atoms with van der Waals surface area (Å²) in [5, 5.41) is 11.0. The fourth-order valence-electron chi connectivity index (χ4n) is 4.90. The van der Waals surface area contributed by atoms with Gasteiger partial charge in [0.05, 0.1) is 12.3 Å². The molecule has 3 aromatic rings. The molecule has 1 N–H and O–H groups in total. The summed E-state index contributed by atoms with van der Waals surface area (Å²) in [6.45, 7) is 19.0. The molecule has 0 spiro atoms.